The minimum absolute atomic E-state index is 0.172. The molecule has 5 nitrogen and oxygen atoms in total. The van der Waals surface area contributed by atoms with Crippen molar-refractivity contribution in [2.45, 2.75) is 20.3 Å². The van der Waals surface area contributed by atoms with E-state index < -0.39 is 17.9 Å². The highest BCUT2D eigenvalue weighted by Gasteiger charge is 2.23. The second-order valence-electron chi connectivity index (χ2n) is 4.80. The van der Waals surface area contributed by atoms with Crippen LogP contribution in [0, 0.1) is 19.8 Å². The molecule has 0 spiro atoms. The van der Waals surface area contributed by atoms with Gasteiger partial charge in [-0.05, 0) is 25.5 Å². The first-order chi connectivity index (χ1) is 8.81. The molecule has 0 amide bonds. The van der Waals surface area contributed by atoms with Crippen LogP contribution < -0.4 is 4.90 Å². The molecule has 2 N–H and O–H groups in total. The molecule has 1 aromatic rings. The highest BCUT2D eigenvalue weighted by molar-refractivity contribution is 5.78. The summed E-state index contributed by atoms with van der Waals surface area (Å²) in [5.41, 5.74) is 3.10. The average Bonchev–Trinajstić information content (AvgIpc) is 2.26. The molecule has 1 atom stereocenters. The number of aliphatic carboxylic acids is 2. The summed E-state index contributed by atoms with van der Waals surface area (Å²) < 4.78 is 0. The number of nitrogens with zero attached hydrogens (tertiary/aromatic N) is 1. The van der Waals surface area contributed by atoms with Gasteiger partial charge in [0.1, 0.15) is 0 Å². The van der Waals surface area contributed by atoms with E-state index in [0.717, 1.165) is 16.8 Å². The standard InChI is InChI=1S/C14H19NO4/c1-9-4-5-12(10(2)6-9)15(3)8-11(14(18)19)7-13(16)17/h4-6,11H,7-8H2,1-3H3,(H,16,17)(H,18,19). The van der Waals surface area contributed by atoms with Crippen molar-refractivity contribution < 1.29 is 19.8 Å². The molecule has 0 aromatic heterocycles. The van der Waals surface area contributed by atoms with Gasteiger partial charge in [-0.25, -0.2) is 0 Å². The van der Waals surface area contributed by atoms with Crippen LogP contribution in [0.4, 0.5) is 5.69 Å². The van der Waals surface area contributed by atoms with Crippen LogP contribution in [-0.4, -0.2) is 35.7 Å². The number of aryl methyl sites for hydroxylation is 2. The summed E-state index contributed by atoms with van der Waals surface area (Å²) in [6, 6.07) is 5.88. The van der Waals surface area contributed by atoms with Crippen molar-refractivity contribution in [3.8, 4) is 0 Å². The lowest BCUT2D eigenvalue weighted by Crippen LogP contribution is -2.32. The number of rotatable bonds is 6. The van der Waals surface area contributed by atoms with Crippen molar-refractivity contribution >= 4 is 17.6 Å². The van der Waals surface area contributed by atoms with E-state index >= 15 is 0 Å². The SMILES string of the molecule is Cc1ccc(N(C)CC(CC(=O)O)C(=O)O)c(C)c1. The molecule has 0 aliphatic heterocycles. The van der Waals surface area contributed by atoms with Gasteiger partial charge in [-0.1, -0.05) is 17.7 Å². The summed E-state index contributed by atoms with van der Waals surface area (Å²) in [6.45, 7) is 4.11. The quantitative estimate of drug-likeness (QED) is 0.821. The number of hydrogen-bond donors (Lipinski definition) is 2. The molecule has 19 heavy (non-hydrogen) atoms. The predicted molar refractivity (Wildman–Crippen MR) is 72.6 cm³/mol. The molecular formula is C14H19NO4. The second kappa shape index (κ2) is 6.22. The third kappa shape index (κ3) is 4.28. The van der Waals surface area contributed by atoms with Crippen LogP contribution in [0.3, 0.4) is 0 Å². The molecular weight excluding hydrogens is 246 g/mol. The van der Waals surface area contributed by atoms with Gasteiger partial charge in [-0.2, -0.15) is 0 Å². The van der Waals surface area contributed by atoms with Crippen molar-refractivity contribution in [1.82, 2.24) is 0 Å². The maximum Gasteiger partial charge on any atom is 0.308 e. The maximum atomic E-state index is 11.1. The fraction of sp³-hybridized carbons (Fsp3) is 0.429. The molecule has 1 aromatic carbocycles. The topological polar surface area (TPSA) is 77.8 Å². The first kappa shape index (κ1) is 15.0. The summed E-state index contributed by atoms with van der Waals surface area (Å²) >= 11 is 0. The van der Waals surface area contributed by atoms with Gasteiger partial charge in [0, 0.05) is 19.3 Å². The molecule has 0 heterocycles. The van der Waals surface area contributed by atoms with Gasteiger partial charge in [0.15, 0.2) is 0 Å². The van der Waals surface area contributed by atoms with Crippen molar-refractivity contribution in [2.24, 2.45) is 5.92 Å². The zero-order chi connectivity index (χ0) is 14.6. The molecule has 0 saturated heterocycles. The van der Waals surface area contributed by atoms with E-state index in [1.54, 1.807) is 11.9 Å². The van der Waals surface area contributed by atoms with Crippen LogP contribution in [0.1, 0.15) is 17.5 Å². The second-order valence-corrected chi connectivity index (χ2v) is 4.80. The lowest BCUT2D eigenvalue weighted by Gasteiger charge is -2.24. The van der Waals surface area contributed by atoms with Crippen molar-refractivity contribution in [1.29, 1.82) is 0 Å². The molecule has 0 saturated carbocycles. The van der Waals surface area contributed by atoms with E-state index in [4.69, 9.17) is 10.2 Å². The third-order valence-electron chi connectivity index (χ3n) is 3.03. The van der Waals surface area contributed by atoms with Crippen LogP contribution in [0.5, 0.6) is 0 Å². The van der Waals surface area contributed by atoms with Gasteiger partial charge in [0.05, 0.1) is 12.3 Å². The number of benzene rings is 1. The van der Waals surface area contributed by atoms with Crippen molar-refractivity contribution in [2.75, 3.05) is 18.5 Å². The smallest absolute Gasteiger partial charge is 0.308 e. The Balaban J connectivity index is 2.84. The van der Waals surface area contributed by atoms with Gasteiger partial charge in [-0.3, -0.25) is 9.59 Å². The van der Waals surface area contributed by atoms with Crippen molar-refractivity contribution in [3.05, 3.63) is 29.3 Å². The van der Waals surface area contributed by atoms with E-state index in [2.05, 4.69) is 0 Å². The molecule has 0 fully saturated rings. The Hall–Kier alpha value is -2.04. The van der Waals surface area contributed by atoms with Crippen LogP contribution in [0.2, 0.25) is 0 Å². The Morgan fingerprint density at radius 2 is 1.89 bits per heavy atom. The molecule has 5 heteroatoms. The lowest BCUT2D eigenvalue weighted by atomic mass is 10.0. The highest BCUT2D eigenvalue weighted by atomic mass is 16.4. The molecule has 1 rings (SSSR count). The Kier molecular flexibility index (Phi) is 4.92. The van der Waals surface area contributed by atoms with Crippen molar-refractivity contribution in [3.63, 3.8) is 0 Å². The van der Waals surface area contributed by atoms with Crippen LogP contribution in [0.15, 0.2) is 18.2 Å². The molecule has 0 bridgehead atoms. The normalized spacial score (nSPS) is 11.9. The Morgan fingerprint density at radius 1 is 1.26 bits per heavy atom. The van der Waals surface area contributed by atoms with Crippen LogP contribution in [0.25, 0.3) is 0 Å². The molecule has 0 aliphatic carbocycles. The Labute approximate surface area is 112 Å². The van der Waals surface area contributed by atoms with E-state index in [-0.39, 0.29) is 13.0 Å². The molecule has 0 aliphatic rings. The summed E-state index contributed by atoms with van der Waals surface area (Å²) in [5, 5.41) is 17.8. The Bertz CT molecular complexity index is 484. The number of carboxylic acid groups (broad SMARTS) is 2. The highest BCUT2D eigenvalue weighted by Crippen LogP contribution is 2.21. The molecule has 104 valence electrons. The van der Waals surface area contributed by atoms with Gasteiger partial charge < -0.3 is 15.1 Å². The summed E-state index contributed by atoms with van der Waals surface area (Å²) in [6.07, 6.45) is -0.370. The Morgan fingerprint density at radius 3 is 2.37 bits per heavy atom. The number of anilines is 1. The zero-order valence-corrected chi connectivity index (χ0v) is 11.4. The van der Waals surface area contributed by atoms with Gasteiger partial charge in [0.2, 0.25) is 0 Å². The van der Waals surface area contributed by atoms with Gasteiger partial charge >= 0.3 is 11.9 Å². The summed E-state index contributed by atoms with van der Waals surface area (Å²) in [4.78, 5) is 23.5. The van der Waals surface area contributed by atoms with E-state index in [9.17, 15) is 9.59 Å². The fourth-order valence-corrected chi connectivity index (χ4v) is 2.10. The molecule has 1 unspecified atom stereocenters. The van der Waals surface area contributed by atoms with E-state index in [0.29, 0.717) is 0 Å². The average molecular weight is 265 g/mol. The maximum absolute atomic E-state index is 11.1. The monoisotopic (exact) mass is 265 g/mol. The van der Waals surface area contributed by atoms with E-state index in [1.165, 1.54) is 0 Å². The third-order valence-corrected chi connectivity index (χ3v) is 3.03. The number of carbonyl (C=O) groups is 2. The van der Waals surface area contributed by atoms with Gasteiger partial charge in [0.25, 0.3) is 0 Å². The number of hydrogen-bond acceptors (Lipinski definition) is 3. The first-order valence-corrected chi connectivity index (χ1v) is 6.04. The predicted octanol–water partition coefficient (Wildman–Crippen LogP) is 1.92. The largest absolute Gasteiger partial charge is 0.481 e. The lowest BCUT2D eigenvalue weighted by molar-refractivity contribution is -0.147. The summed E-state index contributed by atoms with van der Waals surface area (Å²) in [7, 11) is 1.77. The minimum Gasteiger partial charge on any atom is -0.481 e. The van der Waals surface area contributed by atoms with Gasteiger partial charge in [-0.15, -0.1) is 0 Å². The van der Waals surface area contributed by atoms with E-state index in [1.807, 2.05) is 32.0 Å². The molecule has 0 radical (unpaired) electrons. The zero-order valence-electron chi connectivity index (χ0n) is 11.4. The fourth-order valence-electron chi connectivity index (χ4n) is 2.10. The number of carboxylic acids is 2. The summed E-state index contributed by atoms with van der Waals surface area (Å²) in [5.74, 6) is -3.09. The van der Waals surface area contributed by atoms with Crippen LogP contribution in [-0.2, 0) is 9.59 Å². The van der Waals surface area contributed by atoms with Crippen LogP contribution >= 0.6 is 0 Å². The first-order valence-electron chi connectivity index (χ1n) is 6.04. The minimum atomic E-state index is -1.10.